The number of pyridine rings is 2. The van der Waals surface area contributed by atoms with E-state index in [9.17, 15) is 0 Å². The summed E-state index contributed by atoms with van der Waals surface area (Å²) in [5.41, 5.74) is 2.28. The Bertz CT molecular complexity index is 719. The zero-order chi connectivity index (χ0) is 16.5. The quantitative estimate of drug-likeness (QED) is 0.476. The van der Waals surface area contributed by atoms with Gasteiger partial charge in [0.15, 0.2) is 0 Å². The van der Waals surface area contributed by atoms with E-state index in [1.807, 2.05) is 36.5 Å². The van der Waals surface area contributed by atoms with Crippen molar-refractivity contribution in [1.82, 2.24) is 9.97 Å². The number of nitrogens with one attached hydrogen (secondary N) is 1. The molecular formula is C17H14Br3N3. The van der Waals surface area contributed by atoms with Gasteiger partial charge < -0.3 is 5.32 Å². The van der Waals surface area contributed by atoms with Gasteiger partial charge in [0, 0.05) is 38.6 Å². The number of anilines is 1. The predicted molar refractivity (Wildman–Crippen MR) is 105 cm³/mol. The molecule has 0 aliphatic carbocycles. The maximum atomic E-state index is 4.09. The van der Waals surface area contributed by atoms with Gasteiger partial charge >= 0.3 is 0 Å². The first-order chi connectivity index (χ1) is 11.1. The molecule has 0 radical (unpaired) electrons. The first kappa shape index (κ1) is 18.1. The highest BCUT2D eigenvalue weighted by molar-refractivity contribution is 9.11. The van der Waals surface area contributed by atoms with Crippen LogP contribution in [-0.2, 0) is 6.54 Å². The van der Waals surface area contributed by atoms with Crippen molar-refractivity contribution >= 4 is 53.5 Å². The molecule has 6 heteroatoms. The number of halogens is 3. The highest BCUT2D eigenvalue weighted by atomic mass is 79.9. The zero-order valence-electron chi connectivity index (χ0n) is 12.1. The summed E-state index contributed by atoms with van der Waals surface area (Å²) in [7, 11) is 0. The molecule has 0 bridgehead atoms. The van der Waals surface area contributed by atoms with Gasteiger partial charge in [-0.3, -0.25) is 9.97 Å². The lowest BCUT2D eigenvalue weighted by atomic mass is 10.2. The predicted octanol–water partition coefficient (Wildman–Crippen LogP) is 6.06. The molecule has 3 nitrogen and oxygen atoms in total. The molecule has 118 valence electrons. The van der Waals surface area contributed by atoms with E-state index in [2.05, 4.69) is 75.2 Å². The molecule has 0 aliphatic rings. The van der Waals surface area contributed by atoms with E-state index in [4.69, 9.17) is 0 Å². The average molecular weight is 500 g/mol. The second-order valence-electron chi connectivity index (χ2n) is 4.55. The summed E-state index contributed by atoms with van der Waals surface area (Å²) in [6.45, 7) is 0.818. The van der Waals surface area contributed by atoms with Crippen LogP contribution in [0.4, 0.5) is 5.69 Å². The maximum absolute atomic E-state index is 4.09. The molecule has 3 rings (SSSR count). The van der Waals surface area contributed by atoms with E-state index in [1.54, 1.807) is 18.6 Å². The average Bonchev–Trinajstić information content (AvgIpc) is 2.54. The Hall–Kier alpha value is -1.24. The van der Waals surface area contributed by atoms with Crippen LogP contribution in [0.15, 0.2) is 80.7 Å². The Balaban J connectivity index is 0.000000203. The lowest BCUT2D eigenvalue weighted by Crippen LogP contribution is -1.99. The highest BCUT2D eigenvalue weighted by Gasteiger charge is 1.94. The molecular weight excluding hydrogens is 486 g/mol. The molecule has 1 N–H and O–H groups in total. The van der Waals surface area contributed by atoms with Gasteiger partial charge in [0.2, 0.25) is 0 Å². The summed E-state index contributed by atoms with van der Waals surface area (Å²) in [5.74, 6) is 0. The van der Waals surface area contributed by atoms with Crippen LogP contribution in [-0.4, -0.2) is 9.97 Å². The summed E-state index contributed by atoms with van der Waals surface area (Å²) in [6, 6.07) is 14.2. The van der Waals surface area contributed by atoms with Gasteiger partial charge in [0.05, 0.1) is 11.9 Å². The number of hydrogen-bond donors (Lipinski definition) is 1. The molecule has 0 saturated carbocycles. The van der Waals surface area contributed by atoms with Gasteiger partial charge in [-0.25, -0.2) is 0 Å². The third-order valence-electron chi connectivity index (χ3n) is 2.72. The van der Waals surface area contributed by atoms with Gasteiger partial charge in [-0.2, -0.15) is 0 Å². The largest absolute Gasteiger partial charge is 0.380 e. The summed E-state index contributed by atoms with van der Waals surface area (Å²) < 4.78 is 2.97. The third kappa shape index (κ3) is 7.24. The number of aromatic nitrogens is 2. The van der Waals surface area contributed by atoms with E-state index in [1.165, 1.54) is 5.56 Å². The Labute approximate surface area is 161 Å². The first-order valence-corrected chi connectivity index (χ1v) is 9.16. The number of rotatable bonds is 3. The van der Waals surface area contributed by atoms with Gasteiger partial charge in [-0.15, -0.1) is 0 Å². The molecule has 0 unspecified atom stereocenters. The highest BCUT2D eigenvalue weighted by Crippen LogP contribution is 2.14. The summed E-state index contributed by atoms with van der Waals surface area (Å²) in [4.78, 5) is 7.98. The minimum Gasteiger partial charge on any atom is -0.380 e. The molecule has 1 aromatic carbocycles. The Kier molecular flexibility index (Phi) is 7.71. The van der Waals surface area contributed by atoms with Crippen molar-refractivity contribution in [1.29, 1.82) is 0 Å². The monoisotopic (exact) mass is 497 g/mol. The molecule has 0 atom stereocenters. The summed E-state index contributed by atoms with van der Waals surface area (Å²) in [6.07, 6.45) is 7.07. The minimum atomic E-state index is 0.818. The molecule has 2 heterocycles. The van der Waals surface area contributed by atoms with Gasteiger partial charge in [-0.1, -0.05) is 30.3 Å². The SMILES string of the molecule is Brc1cncc(Br)c1.Brc1cncc(NCc2ccccc2)c1. The van der Waals surface area contributed by atoms with Crippen LogP contribution in [0.3, 0.4) is 0 Å². The normalized spacial score (nSPS) is 9.70. The summed E-state index contributed by atoms with van der Waals surface area (Å²) >= 11 is 9.93. The van der Waals surface area contributed by atoms with Crippen molar-refractivity contribution in [3.8, 4) is 0 Å². The van der Waals surface area contributed by atoms with Crippen LogP contribution in [0.2, 0.25) is 0 Å². The smallest absolute Gasteiger partial charge is 0.0540 e. The molecule has 0 spiro atoms. The fraction of sp³-hybridized carbons (Fsp3) is 0.0588. The van der Waals surface area contributed by atoms with Crippen molar-refractivity contribution in [2.75, 3.05) is 5.32 Å². The zero-order valence-corrected chi connectivity index (χ0v) is 16.8. The van der Waals surface area contributed by atoms with Gasteiger partial charge in [0.1, 0.15) is 0 Å². The maximum Gasteiger partial charge on any atom is 0.0540 e. The lowest BCUT2D eigenvalue weighted by Gasteiger charge is -2.05. The second kappa shape index (κ2) is 9.80. The fourth-order valence-electron chi connectivity index (χ4n) is 1.69. The second-order valence-corrected chi connectivity index (χ2v) is 7.30. The molecule has 2 aromatic heterocycles. The van der Waals surface area contributed by atoms with Crippen LogP contribution in [0.1, 0.15) is 5.56 Å². The van der Waals surface area contributed by atoms with E-state index < -0.39 is 0 Å². The lowest BCUT2D eigenvalue weighted by molar-refractivity contribution is 1.13. The van der Waals surface area contributed by atoms with E-state index in [0.29, 0.717) is 0 Å². The Morgan fingerprint density at radius 1 is 0.739 bits per heavy atom. The topological polar surface area (TPSA) is 37.8 Å². The van der Waals surface area contributed by atoms with Crippen molar-refractivity contribution < 1.29 is 0 Å². The van der Waals surface area contributed by atoms with Crippen LogP contribution in [0.5, 0.6) is 0 Å². The van der Waals surface area contributed by atoms with Gasteiger partial charge in [0.25, 0.3) is 0 Å². The molecule has 0 fully saturated rings. The third-order valence-corrected chi connectivity index (χ3v) is 4.02. The minimum absolute atomic E-state index is 0.818. The Morgan fingerprint density at radius 3 is 1.83 bits per heavy atom. The molecule has 0 saturated heterocycles. The molecule has 0 aliphatic heterocycles. The van der Waals surface area contributed by atoms with Crippen LogP contribution >= 0.6 is 47.8 Å². The molecule has 0 amide bonds. The van der Waals surface area contributed by atoms with Crippen molar-refractivity contribution in [2.24, 2.45) is 0 Å². The van der Waals surface area contributed by atoms with E-state index >= 15 is 0 Å². The van der Waals surface area contributed by atoms with E-state index in [-0.39, 0.29) is 0 Å². The van der Waals surface area contributed by atoms with Crippen LogP contribution in [0.25, 0.3) is 0 Å². The Morgan fingerprint density at radius 2 is 1.30 bits per heavy atom. The van der Waals surface area contributed by atoms with Gasteiger partial charge in [-0.05, 0) is 65.5 Å². The van der Waals surface area contributed by atoms with E-state index in [0.717, 1.165) is 25.7 Å². The molecule has 23 heavy (non-hydrogen) atoms. The number of nitrogens with zero attached hydrogens (tertiary/aromatic N) is 2. The van der Waals surface area contributed by atoms with Crippen molar-refractivity contribution in [2.45, 2.75) is 6.54 Å². The van der Waals surface area contributed by atoms with Crippen molar-refractivity contribution in [3.05, 3.63) is 86.2 Å². The summed E-state index contributed by atoms with van der Waals surface area (Å²) in [5, 5.41) is 3.31. The van der Waals surface area contributed by atoms with Crippen LogP contribution in [0, 0.1) is 0 Å². The van der Waals surface area contributed by atoms with Crippen LogP contribution < -0.4 is 5.32 Å². The number of hydrogen-bond acceptors (Lipinski definition) is 3. The van der Waals surface area contributed by atoms with Crippen molar-refractivity contribution in [3.63, 3.8) is 0 Å². The molecule has 3 aromatic rings. The number of benzene rings is 1. The first-order valence-electron chi connectivity index (χ1n) is 6.78. The standard InChI is InChI=1S/C12H11BrN2.C5H3Br2N/c13-11-6-12(9-14-8-11)15-7-10-4-2-1-3-5-10;6-4-1-5(7)3-8-2-4/h1-6,8-9,15H,7H2;1-3H. The fourth-order valence-corrected chi connectivity index (χ4v) is 3.10.